The van der Waals surface area contributed by atoms with E-state index < -0.39 is 0 Å². The SMILES string of the molecule is CC1(C)Cc2nc(C(C)(C)C)ncc2[C@H](NCc2cc(C#CCO)cs2)C1. The topological polar surface area (TPSA) is 58.0 Å². The van der Waals surface area contributed by atoms with E-state index in [4.69, 9.17) is 10.1 Å². The monoisotopic (exact) mass is 383 g/mol. The maximum atomic E-state index is 8.83. The molecule has 1 atom stereocenters. The van der Waals surface area contributed by atoms with E-state index >= 15 is 0 Å². The molecular weight excluding hydrogens is 354 g/mol. The largest absolute Gasteiger partial charge is 0.384 e. The van der Waals surface area contributed by atoms with Crippen LogP contribution < -0.4 is 5.32 Å². The number of hydrogen-bond acceptors (Lipinski definition) is 5. The number of nitrogens with zero attached hydrogens (tertiary/aromatic N) is 2. The van der Waals surface area contributed by atoms with Crippen molar-refractivity contribution >= 4 is 11.3 Å². The zero-order valence-electron chi connectivity index (χ0n) is 16.9. The number of aromatic nitrogens is 2. The normalized spacial score (nSPS) is 18.5. The third kappa shape index (κ3) is 4.95. The number of thiophene rings is 1. The maximum absolute atomic E-state index is 8.83. The van der Waals surface area contributed by atoms with E-state index in [0.717, 1.165) is 30.8 Å². The van der Waals surface area contributed by atoms with Crippen LogP contribution >= 0.6 is 11.3 Å². The number of fused-ring (bicyclic) bond motifs is 1. The maximum Gasteiger partial charge on any atom is 0.133 e. The Labute approximate surface area is 166 Å². The molecule has 0 spiro atoms. The Bertz CT molecular complexity index is 868. The molecule has 0 aromatic carbocycles. The van der Waals surface area contributed by atoms with E-state index in [1.807, 2.05) is 11.6 Å². The minimum absolute atomic E-state index is 0.0392. The second-order valence-corrected chi connectivity index (χ2v) is 10.1. The fourth-order valence-corrected chi connectivity index (χ4v) is 4.26. The number of hydrogen-bond donors (Lipinski definition) is 2. The highest BCUT2D eigenvalue weighted by atomic mass is 32.1. The zero-order valence-corrected chi connectivity index (χ0v) is 17.7. The average molecular weight is 384 g/mol. The fourth-order valence-electron chi connectivity index (χ4n) is 3.49. The van der Waals surface area contributed by atoms with Crippen molar-refractivity contribution < 1.29 is 5.11 Å². The Morgan fingerprint density at radius 2 is 2.15 bits per heavy atom. The Morgan fingerprint density at radius 1 is 1.37 bits per heavy atom. The molecule has 0 aliphatic heterocycles. The summed E-state index contributed by atoms with van der Waals surface area (Å²) in [4.78, 5) is 10.8. The fraction of sp³-hybridized carbons (Fsp3) is 0.545. The average Bonchev–Trinajstić information content (AvgIpc) is 3.03. The molecule has 0 bridgehead atoms. The summed E-state index contributed by atoms with van der Waals surface area (Å²) in [6.45, 7) is 11.8. The molecular formula is C22H29N3OS. The van der Waals surface area contributed by atoms with Crippen LogP contribution in [0.2, 0.25) is 0 Å². The molecule has 0 unspecified atom stereocenters. The minimum atomic E-state index is -0.103. The molecule has 2 aromatic heterocycles. The van der Waals surface area contributed by atoms with E-state index in [2.05, 4.69) is 62.8 Å². The quantitative estimate of drug-likeness (QED) is 0.787. The van der Waals surface area contributed by atoms with Gasteiger partial charge in [0, 0.05) is 51.3 Å². The first-order chi connectivity index (χ1) is 12.7. The Hall–Kier alpha value is -1.74. The predicted octanol–water partition coefficient (Wildman–Crippen LogP) is 3.98. The van der Waals surface area contributed by atoms with Crippen LogP contribution in [0.25, 0.3) is 0 Å². The Balaban J connectivity index is 1.79. The van der Waals surface area contributed by atoms with Gasteiger partial charge in [-0.2, -0.15) is 0 Å². The highest BCUT2D eigenvalue weighted by Crippen LogP contribution is 2.40. The van der Waals surface area contributed by atoms with Crippen LogP contribution in [-0.4, -0.2) is 21.7 Å². The van der Waals surface area contributed by atoms with Gasteiger partial charge in [-0.3, -0.25) is 0 Å². The summed E-state index contributed by atoms with van der Waals surface area (Å²) in [5.74, 6) is 6.58. The third-order valence-electron chi connectivity index (χ3n) is 4.84. The molecule has 5 heteroatoms. The molecule has 0 amide bonds. The Kier molecular flexibility index (Phi) is 5.71. The predicted molar refractivity (Wildman–Crippen MR) is 111 cm³/mol. The molecule has 1 aliphatic carbocycles. The standard InChI is InChI=1S/C22H29N3OS/c1-21(2,3)20-24-13-17-18(10-22(4,5)11-19(17)25-20)23-12-16-9-15(14-27-16)7-6-8-26/h9,13-14,18,23,26H,8,10-12H2,1-5H3/t18-/m1/s1. The molecule has 27 heavy (non-hydrogen) atoms. The van der Waals surface area contributed by atoms with Gasteiger partial charge in [0.1, 0.15) is 12.4 Å². The van der Waals surface area contributed by atoms with Crippen molar-refractivity contribution in [3.63, 3.8) is 0 Å². The van der Waals surface area contributed by atoms with Gasteiger partial charge < -0.3 is 10.4 Å². The van der Waals surface area contributed by atoms with Crippen LogP contribution in [0.3, 0.4) is 0 Å². The van der Waals surface area contributed by atoms with E-state index in [-0.39, 0.29) is 23.5 Å². The molecule has 1 aliphatic rings. The molecule has 2 aromatic rings. The van der Waals surface area contributed by atoms with Gasteiger partial charge in [0.15, 0.2) is 0 Å². The molecule has 4 nitrogen and oxygen atoms in total. The van der Waals surface area contributed by atoms with Crippen LogP contribution in [0.15, 0.2) is 17.6 Å². The van der Waals surface area contributed by atoms with Crippen molar-refractivity contribution in [2.75, 3.05) is 6.61 Å². The highest BCUT2D eigenvalue weighted by Gasteiger charge is 2.34. The summed E-state index contributed by atoms with van der Waals surface area (Å²) in [7, 11) is 0. The van der Waals surface area contributed by atoms with E-state index in [1.165, 1.54) is 16.1 Å². The number of nitrogens with one attached hydrogen (secondary N) is 1. The van der Waals surface area contributed by atoms with Crippen molar-refractivity contribution in [1.82, 2.24) is 15.3 Å². The number of rotatable bonds is 3. The van der Waals surface area contributed by atoms with Gasteiger partial charge in [-0.25, -0.2) is 9.97 Å². The minimum Gasteiger partial charge on any atom is -0.384 e. The van der Waals surface area contributed by atoms with Gasteiger partial charge in [-0.15, -0.1) is 11.3 Å². The summed E-state index contributed by atoms with van der Waals surface area (Å²) < 4.78 is 0. The summed E-state index contributed by atoms with van der Waals surface area (Å²) in [5, 5.41) is 14.6. The first kappa shape index (κ1) is 20.0. The van der Waals surface area contributed by atoms with Gasteiger partial charge in [-0.1, -0.05) is 46.5 Å². The third-order valence-corrected chi connectivity index (χ3v) is 5.77. The lowest BCUT2D eigenvalue weighted by atomic mass is 9.74. The lowest BCUT2D eigenvalue weighted by Crippen LogP contribution is -2.34. The highest BCUT2D eigenvalue weighted by molar-refractivity contribution is 7.10. The molecule has 0 saturated carbocycles. The molecule has 144 valence electrons. The summed E-state index contributed by atoms with van der Waals surface area (Å²) in [5.41, 5.74) is 3.56. The molecule has 2 heterocycles. The molecule has 3 rings (SSSR count). The van der Waals surface area contributed by atoms with Crippen molar-refractivity contribution in [3.8, 4) is 11.8 Å². The lowest BCUT2D eigenvalue weighted by molar-refractivity contribution is 0.251. The van der Waals surface area contributed by atoms with Crippen molar-refractivity contribution in [1.29, 1.82) is 0 Å². The zero-order chi connectivity index (χ0) is 19.7. The number of aliphatic hydroxyl groups excluding tert-OH is 1. The van der Waals surface area contributed by atoms with Gasteiger partial charge in [0.2, 0.25) is 0 Å². The molecule has 0 radical (unpaired) electrons. The van der Waals surface area contributed by atoms with Crippen LogP contribution in [0.1, 0.15) is 74.6 Å². The molecule has 0 fully saturated rings. The smallest absolute Gasteiger partial charge is 0.133 e. The summed E-state index contributed by atoms with van der Waals surface area (Å²) >= 11 is 1.70. The van der Waals surface area contributed by atoms with Crippen LogP contribution in [0, 0.1) is 17.3 Å². The van der Waals surface area contributed by atoms with Crippen molar-refractivity contribution in [2.24, 2.45) is 5.41 Å². The van der Waals surface area contributed by atoms with E-state index in [9.17, 15) is 0 Å². The molecule has 2 N–H and O–H groups in total. The second kappa shape index (κ2) is 7.71. The summed E-state index contributed by atoms with van der Waals surface area (Å²) in [6.07, 6.45) is 4.09. The van der Waals surface area contributed by atoms with Crippen LogP contribution in [0.5, 0.6) is 0 Å². The van der Waals surface area contributed by atoms with Crippen molar-refractivity contribution in [3.05, 3.63) is 45.2 Å². The van der Waals surface area contributed by atoms with Gasteiger partial charge >= 0.3 is 0 Å². The molecule has 0 saturated heterocycles. The van der Waals surface area contributed by atoms with Crippen LogP contribution in [0.4, 0.5) is 0 Å². The lowest BCUT2D eigenvalue weighted by Gasteiger charge is -2.37. The van der Waals surface area contributed by atoms with Crippen molar-refractivity contribution in [2.45, 2.75) is 65.5 Å². The van der Waals surface area contributed by atoms with Gasteiger partial charge in [0.05, 0.1) is 0 Å². The van der Waals surface area contributed by atoms with Gasteiger partial charge in [0.25, 0.3) is 0 Å². The van der Waals surface area contributed by atoms with E-state index in [0.29, 0.717) is 0 Å². The number of aliphatic hydroxyl groups is 1. The summed E-state index contributed by atoms with van der Waals surface area (Å²) in [6, 6.07) is 2.35. The first-order valence-corrected chi connectivity index (χ1v) is 10.3. The van der Waals surface area contributed by atoms with Crippen LogP contribution in [-0.2, 0) is 18.4 Å². The Morgan fingerprint density at radius 3 is 2.85 bits per heavy atom. The second-order valence-electron chi connectivity index (χ2n) is 9.09. The first-order valence-electron chi connectivity index (χ1n) is 9.45. The van der Waals surface area contributed by atoms with E-state index in [1.54, 1.807) is 11.3 Å². The van der Waals surface area contributed by atoms with Gasteiger partial charge in [-0.05, 0) is 24.3 Å².